The second kappa shape index (κ2) is 9.24. The van der Waals surface area contributed by atoms with E-state index in [-0.39, 0.29) is 11.9 Å². The second-order valence-electron chi connectivity index (χ2n) is 6.88. The van der Waals surface area contributed by atoms with Gasteiger partial charge >= 0.3 is 5.97 Å². The second-order valence-corrected chi connectivity index (χ2v) is 6.88. The maximum absolute atomic E-state index is 12.5. The first-order valence-corrected chi connectivity index (χ1v) is 9.79. The van der Waals surface area contributed by atoms with Crippen molar-refractivity contribution < 1.29 is 14.3 Å². The summed E-state index contributed by atoms with van der Waals surface area (Å²) in [5.74, 6) is -0.408. The van der Waals surface area contributed by atoms with Gasteiger partial charge in [0.15, 0.2) is 0 Å². The highest BCUT2D eigenvalue weighted by Gasteiger charge is 2.20. The highest BCUT2D eigenvalue weighted by atomic mass is 16.5. The summed E-state index contributed by atoms with van der Waals surface area (Å²) in [7, 11) is 0. The number of nitrogens with zero attached hydrogens (tertiary/aromatic N) is 1. The lowest BCUT2D eigenvalue weighted by Gasteiger charge is -2.13. The predicted octanol–water partition coefficient (Wildman–Crippen LogP) is 4.98. The van der Waals surface area contributed by atoms with Gasteiger partial charge in [-0.2, -0.15) is 0 Å². The van der Waals surface area contributed by atoms with Crippen molar-refractivity contribution in [2.75, 3.05) is 11.9 Å². The third kappa shape index (κ3) is 4.74. The molecule has 0 fully saturated rings. The number of benzene rings is 2. The number of nitrogens with one attached hydrogen (secondary N) is 1. The van der Waals surface area contributed by atoms with Crippen LogP contribution in [-0.2, 0) is 16.1 Å². The van der Waals surface area contributed by atoms with Crippen molar-refractivity contribution >= 4 is 17.6 Å². The lowest BCUT2D eigenvalue weighted by molar-refractivity contribution is -0.116. The van der Waals surface area contributed by atoms with Gasteiger partial charge in [0.05, 0.1) is 12.2 Å². The van der Waals surface area contributed by atoms with Crippen LogP contribution in [0.1, 0.15) is 35.0 Å². The van der Waals surface area contributed by atoms with Crippen LogP contribution >= 0.6 is 0 Å². The van der Waals surface area contributed by atoms with E-state index in [2.05, 4.69) is 5.32 Å². The highest BCUT2D eigenvalue weighted by molar-refractivity contribution is 5.93. The topological polar surface area (TPSA) is 60.3 Å². The van der Waals surface area contributed by atoms with E-state index in [1.165, 1.54) is 0 Å². The number of rotatable bonds is 7. The lowest BCUT2D eigenvalue weighted by atomic mass is 10.1. The zero-order valence-corrected chi connectivity index (χ0v) is 17.1. The molecule has 0 saturated carbocycles. The maximum atomic E-state index is 12.5. The van der Waals surface area contributed by atoms with Gasteiger partial charge < -0.3 is 14.6 Å². The number of aromatic nitrogens is 1. The SMILES string of the molecule is CCOC(=O)c1cc(-c2ccccc2)n(CCC(=O)Nc2ccccc2C)c1C. The van der Waals surface area contributed by atoms with Crippen molar-refractivity contribution in [3.05, 3.63) is 77.5 Å². The summed E-state index contributed by atoms with van der Waals surface area (Å²) < 4.78 is 7.21. The largest absolute Gasteiger partial charge is 0.462 e. The van der Waals surface area contributed by atoms with Crippen LogP contribution in [0.25, 0.3) is 11.3 Å². The summed E-state index contributed by atoms with van der Waals surface area (Å²) in [4.78, 5) is 24.9. The van der Waals surface area contributed by atoms with Crippen LogP contribution in [0.3, 0.4) is 0 Å². The number of hydrogen-bond acceptors (Lipinski definition) is 3. The molecule has 1 N–H and O–H groups in total. The smallest absolute Gasteiger partial charge is 0.339 e. The van der Waals surface area contributed by atoms with Gasteiger partial charge in [0.2, 0.25) is 5.91 Å². The monoisotopic (exact) mass is 390 g/mol. The molecule has 2 aromatic carbocycles. The third-order valence-corrected chi connectivity index (χ3v) is 4.91. The van der Waals surface area contributed by atoms with Gasteiger partial charge in [-0.05, 0) is 44.0 Å². The van der Waals surface area contributed by atoms with Crippen molar-refractivity contribution in [3.63, 3.8) is 0 Å². The van der Waals surface area contributed by atoms with Gasteiger partial charge in [0.25, 0.3) is 0 Å². The quantitative estimate of drug-likeness (QED) is 0.579. The molecule has 0 aliphatic rings. The lowest BCUT2D eigenvalue weighted by Crippen LogP contribution is -2.16. The Hall–Kier alpha value is -3.34. The van der Waals surface area contributed by atoms with E-state index in [1.54, 1.807) is 6.92 Å². The molecule has 0 bridgehead atoms. The Morgan fingerprint density at radius 2 is 1.69 bits per heavy atom. The molecule has 1 heterocycles. The van der Waals surface area contributed by atoms with Crippen molar-refractivity contribution in [2.24, 2.45) is 0 Å². The summed E-state index contributed by atoms with van der Waals surface area (Å²) in [5, 5.41) is 2.97. The summed E-state index contributed by atoms with van der Waals surface area (Å²) in [5.41, 5.74) is 5.06. The zero-order chi connectivity index (χ0) is 20.8. The van der Waals surface area contributed by atoms with E-state index in [4.69, 9.17) is 4.74 Å². The molecule has 0 aliphatic carbocycles. The van der Waals surface area contributed by atoms with Gasteiger partial charge in [0, 0.05) is 30.0 Å². The van der Waals surface area contributed by atoms with Crippen LogP contribution in [0.15, 0.2) is 60.7 Å². The average Bonchev–Trinajstić information content (AvgIpc) is 3.05. The molecule has 0 radical (unpaired) electrons. The van der Waals surface area contributed by atoms with Crippen molar-refractivity contribution in [3.8, 4) is 11.3 Å². The molecule has 150 valence electrons. The molecule has 0 atom stereocenters. The standard InChI is InChI=1S/C24H26N2O3/c1-4-29-24(28)20-16-22(19-11-6-5-7-12-19)26(18(20)3)15-14-23(27)25-21-13-9-8-10-17(21)2/h5-13,16H,4,14-15H2,1-3H3,(H,25,27). The highest BCUT2D eigenvalue weighted by Crippen LogP contribution is 2.27. The number of para-hydroxylation sites is 1. The minimum Gasteiger partial charge on any atom is -0.462 e. The fourth-order valence-corrected chi connectivity index (χ4v) is 3.34. The summed E-state index contributed by atoms with van der Waals surface area (Å²) >= 11 is 0. The Labute approximate surface area is 171 Å². The number of aryl methyl sites for hydroxylation is 1. The number of esters is 1. The van der Waals surface area contributed by atoms with E-state index in [0.29, 0.717) is 25.1 Å². The Bertz CT molecular complexity index is 1010. The molecule has 5 heteroatoms. The minimum absolute atomic E-state index is 0.0657. The molecule has 1 aromatic heterocycles. The van der Waals surface area contributed by atoms with Crippen molar-refractivity contribution in [1.82, 2.24) is 4.57 Å². The zero-order valence-electron chi connectivity index (χ0n) is 17.1. The summed E-state index contributed by atoms with van der Waals surface area (Å²) in [6.45, 7) is 6.43. The van der Waals surface area contributed by atoms with Crippen LogP contribution in [-0.4, -0.2) is 23.1 Å². The molecule has 3 rings (SSSR count). The Kier molecular flexibility index (Phi) is 6.50. The fourth-order valence-electron chi connectivity index (χ4n) is 3.34. The molecular formula is C24H26N2O3. The number of amides is 1. The molecule has 0 spiro atoms. The summed E-state index contributed by atoms with van der Waals surface area (Å²) in [6, 6.07) is 19.4. The van der Waals surface area contributed by atoms with Crippen LogP contribution in [0.4, 0.5) is 5.69 Å². The van der Waals surface area contributed by atoms with Crippen LogP contribution in [0.5, 0.6) is 0 Å². The number of carbonyl (C=O) groups is 2. The van der Waals surface area contributed by atoms with Gasteiger partial charge in [-0.3, -0.25) is 4.79 Å². The van der Waals surface area contributed by atoms with Gasteiger partial charge in [-0.25, -0.2) is 4.79 Å². The molecule has 3 aromatic rings. The number of ether oxygens (including phenoxy) is 1. The van der Waals surface area contributed by atoms with Crippen LogP contribution < -0.4 is 5.32 Å². The van der Waals surface area contributed by atoms with Gasteiger partial charge in [-0.1, -0.05) is 48.5 Å². The van der Waals surface area contributed by atoms with E-state index in [0.717, 1.165) is 28.2 Å². The molecule has 0 saturated heterocycles. The van der Waals surface area contributed by atoms with Crippen LogP contribution in [0.2, 0.25) is 0 Å². The van der Waals surface area contributed by atoms with E-state index in [1.807, 2.05) is 79.1 Å². The summed E-state index contributed by atoms with van der Waals surface area (Å²) in [6.07, 6.45) is 0.298. The van der Waals surface area contributed by atoms with E-state index >= 15 is 0 Å². The first kappa shape index (κ1) is 20.4. The maximum Gasteiger partial charge on any atom is 0.339 e. The van der Waals surface area contributed by atoms with Crippen molar-refractivity contribution in [1.29, 1.82) is 0 Å². The predicted molar refractivity (Wildman–Crippen MR) is 115 cm³/mol. The average molecular weight is 390 g/mol. The van der Waals surface area contributed by atoms with Crippen molar-refractivity contribution in [2.45, 2.75) is 33.7 Å². The number of hydrogen-bond donors (Lipinski definition) is 1. The minimum atomic E-state index is -0.342. The molecule has 0 aliphatic heterocycles. The van der Waals surface area contributed by atoms with Gasteiger partial charge in [0.1, 0.15) is 0 Å². The third-order valence-electron chi connectivity index (χ3n) is 4.91. The molecule has 29 heavy (non-hydrogen) atoms. The van der Waals surface area contributed by atoms with E-state index < -0.39 is 0 Å². The van der Waals surface area contributed by atoms with E-state index in [9.17, 15) is 9.59 Å². The molecular weight excluding hydrogens is 364 g/mol. The Morgan fingerprint density at radius 1 is 1.00 bits per heavy atom. The first-order chi connectivity index (χ1) is 14.0. The first-order valence-electron chi connectivity index (χ1n) is 9.79. The molecule has 5 nitrogen and oxygen atoms in total. The molecule has 0 unspecified atom stereocenters. The molecule has 1 amide bonds. The Morgan fingerprint density at radius 3 is 2.38 bits per heavy atom. The number of anilines is 1. The number of carbonyl (C=O) groups excluding carboxylic acids is 2. The Balaban J connectivity index is 1.84. The van der Waals surface area contributed by atoms with Gasteiger partial charge in [-0.15, -0.1) is 0 Å². The normalized spacial score (nSPS) is 10.6. The fraction of sp³-hybridized carbons (Fsp3) is 0.250. The van der Waals surface area contributed by atoms with Crippen LogP contribution in [0, 0.1) is 13.8 Å².